The molecule has 1 saturated heterocycles. The molecule has 0 aromatic heterocycles. The smallest absolute Gasteiger partial charge is 0.222 e. The zero-order valence-electron chi connectivity index (χ0n) is 12.5. The van der Waals surface area contributed by atoms with Crippen LogP contribution in [-0.2, 0) is 11.3 Å². The number of halogens is 1. The Morgan fingerprint density at radius 1 is 1.45 bits per heavy atom. The molecular formula is C17H20BrN3O. The van der Waals surface area contributed by atoms with E-state index in [-0.39, 0.29) is 5.92 Å². The number of carbonyl (C=O) groups excluding carboxylic acids is 1. The van der Waals surface area contributed by atoms with Gasteiger partial charge in [-0.2, -0.15) is 0 Å². The third-order valence-corrected chi connectivity index (χ3v) is 4.64. The van der Waals surface area contributed by atoms with Crippen molar-refractivity contribution >= 4 is 34.3 Å². The van der Waals surface area contributed by atoms with Gasteiger partial charge in [0.25, 0.3) is 0 Å². The summed E-state index contributed by atoms with van der Waals surface area (Å²) in [5, 5.41) is 0. The average molecular weight is 362 g/mol. The van der Waals surface area contributed by atoms with Crippen LogP contribution in [-0.4, -0.2) is 42.9 Å². The largest absolute Gasteiger partial charge is 0.343 e. The predicted octanol–water partition coefficient (Wildman–Crippen LogP) is 3.20. The molecule has 0 bridgehead atoms. The first-order valence-corrected chi connectivity index (χ1v) is 8.59. The fraction of sp³-hybridized carbons (Fsp3) is 0.471. The Kier molecular flexibility index (Phi) is 5.03. The molecule has 116 valence electrons. The van der Waals surface area contributed by atoms with Crippen molar-refractivity contribution in [2.24, 2.45) is 9.98 Å². The Bertz CT molecular complexity index is 612. The summed E-state index contributed by atoms with van der Waals surface area (Å²) in [5.74, 6) is 0.455. The zero-order valence-corrected chi connectivity index (χ0v) is 14.1. The Morgan fingerprint density at radius 2 is 2.36 bits per heavy atom. The van der Waals surface area contributed by atoms with Crippen molar-refractivity contribution in [2.45, 2.75) is 31.7 Å². The topological polar surface area (TPSA) is 45.0 Å². The van der Waals surface area contributed by atoms with Gasteiger partial charge in [0.2, 0.25) is 5.91 Å². The van der Waals surface area contributed by atoms with Gasteiger partial charge in [0.15, 0.2) is 0 Å². The second-order valence-corrected chi connectivity index (χ2v) is 6.67. The highest BCUT2D eigenvalue weighted by Gasteiger charge is 2.19. The first-order valence-electron chi connectivity index (χ1n) is 7.80. The van der Waals surface area contributed by atoms with Crippen LogP contribution >= 0.6 is 15.9 Å². The molecule has 4 nitrogen and oxygen atoms in total. The summed E-state index contributed by atoms with van der Waals surface area (Å²) < 4.78 is 1.09. The van der Waals surface area contributed by atoms with E-state index in [1.54, 1.807) is 0 Å². The minimum absolute atomic E-state index is 0.162. The first-order chi connectivity index (χ1) is 10.7. The van der Waals surface area contributed by atoms with Crippen LogP contribution in [0.1, 0.15) is 36.3 Å². The molecule has 3 rings (SSSR count). The van der Waals surface area contributed by atoms with Crippen molar-refractivity contribution in [3.63, 3.8) is 0 Å². The number of aliphatic imine (C=N–C) groups is 2. The lowest BCUT2D eigenvalue weighted by Crippen LogP contribution is -2.26. The molecule has 1 fully saturated rings. The fourth-order valence-corrected chi connectivity index (χ4v) is 3.34. The quantitative estimate of drug-likeness (QED) is 0.586. The highest BCUT2D eigenvalue weighted by molar-refractivity contribution is 9.10. The third-order valence-electron chi connectivity index (χ3n) is 4.15. The standard InChI is InChI=1S/C17H20BrN3O/c18-15-5-4-13-10-20-12-14(16(13)9-15)11-19-6-2-8-21-7-1-3-17(21)22/h4-5,9,11-12,14H,1-3,6-8,10H2. The summed E-state index contributed by atoms with van der Waals surface area (Å²) in [6, 6.07) is 6.33. The predicted molar refractivity (Wildman–Crippen MR) is 92.9 cm³/mol. The molecule has 1 aromatic rings. The normalized spacial score (nSPS) is 20.9. The van der Waals surface area contributed by atoms with Gasteiger partial charge in [0, 0.05) is 43.0 Å². The molecule has 0 saturated carbocycles. The molecule has 22 heavy (non-hydrogen) atoms. The maximum atomic E-state index is 11.5. The van der Waals surface area contributed by atoms with Crippen LogP contribution in [0.5, 0.6) is 0 Å². The molecule has 2 aliphatic heterocycles. The van der Waals surface area contributed by atoms with Crippen molar-refractivity contribution in [3.8, 4) is 0 Å². The van der Waals surface area contributed by atoms with E-state index in [2.05, 4.69) is 44.1 Å². The Morgan fingerprint density at radius 3 is 3.18 bits per heavy atom. The van der Waals surface area contributed by atoms with Crippen LogP contribution in [0, 0.1) is 0 Å². The highest BCUT2D eigenvalue weighted by atomic mass is 79.9. The van der Waals surface area contributed by atoms with Crippen LogP contribution in [0.4, 0.5) is 0 Å². The lowest BCUT2D eigenvalue weighted by Gasteiger charge is -2.17. The van der Waals surface area contributed by atoms with Gasteiger partial charge in [0.1, 0.15) is 0 Å². The molecule has 0 aliphatic carbocycles. The van der Waals surface area contributed by atoms with Gasteiger partial charge in [-0.15, -0.1) is 0 Å². The maximum absolute atomic E-state index is 11.5. The number of nitrogens with zero attached hydrogens (tertiary/aromatic N) is 3. The summed E-state index contributed by atoms with van der Waals surface area (Å²) in [7, 11) is 0. The summed E-state index contributed by atoms with van der Waals surface area (Å²) in [5.41, 5.74) is 2.55. The molecule has 2 aliphatic rings. The molecule has 0 spiro atoms. The minimum Gasteiger partial charge on any atom is -0.343 e. The van der Waals surface area contributed by atoms with E-state index in [9.17, 15) is 4.79 Å². The number of benzene rings is 1. The number of hydrogen-bond donors (Lipinski definition) is 0. The van der Waals surface area contributed by atoms with E-state index < -0.39 is 0 Å². The molecule has 1 unspecified atom stereocenters. The lowest BCUT2D eigenvalue weighted by atomic mass is 9.94. The monoisotopic (exact) mass is 361 g/mol. The third kappa shape index (κ3) is 3.64. The highest BCUT2D eigenvalue weighted by Crippen LogP contribution is 2.26. The molecule has 0 N–H and O–H groups in total. The first kappa shape index (κ1) is 15.4. The van der Waals surface area contributed by atoms with E-state index in [0.717, 1.165) is 43.5 Å². The number of fused-ring (bicyclic) bond motifs is 1. The van der Waals surface area contributed by atoms with Crippen LogP contribution in [0.2, 0.25) is 0 Å². The molecular weight excluding hydrogens is 342 g/mol. The molecule has 0 radical (unpaired) electrons. The lowest BCUT2D eigenvalue weighted by molar-refractivity contribution is -0.127. The molecule has 1 atom stereocenters. The van der Waals surface area contributed by atoms with Crippen molar-refractivity contribution in [3.05, 3.63) is 33.8 Å². The van der Waals surface area contributed by atoms with Gasteiger partial charge in [-0.1, -0.05) is 22.0 Å². The SMILES string of the molecule is O=C1CCCN1CCCN=CC1C=NCc2ccc(Br)cc21. The minimum atomic E-state index is 0.162. The summed E-state index contributed by atoms with van der Waals surface area (Å²) in [6.45, 7) is 3.26. The van der Waals surface area contributed by atoms with Gasteiger partial charge < -0.3 is 4.90 Å². The van der Waals surface area contributed by atoms with E-state index >= 15 is 0 Å². The second-order valence-electron chi connectivity index (χ2n) is 5.75. The number of rotatable bonds is 5. The second kappa shape index (κ2) is 7.18. The van der Waals surface area contributed by atoms with Crippen molar-refractivity contribution in [2.75, 3.05) is 19.6 Å². The van der Waals surface area contributed by atoms with Crippen LogP contribution in [0.25, 0.3) is 0 Å². The molecule has 1 amide bonds. The number of amides is 1. The number of likely N-dealkylation sites (tertiary alicyclic amines) is 1. The van der Waals surface area contributed by atoms with E-state index in [0.29, 0.717) is 12.3 Å². The van der Waals surface area contributed by atoms with Crippen LogP contribution in [0.3, 0.4) is 0 Å². The van der Waals surface area contributed by atoms with E-state index in [4.69, 9.17) is 0 Å². The fourth-order valence-electron chi connectivity index (χ4n) is 2.97. The van der Waals surface area contributed by atoms with Gasteiger partial charge in [-0.3, -0.25) is 14.8 Å². The molecule has 2 heterocycles. The Labute approximate surface area is 139 Å². The van der Waals surface area contributed by atoms with Crippen LogP contribution in [0.15, 0.2) is 32.7 Å². The Balaban J connectivity index is 1.52. The van der Waals surface area contributed by atoms with Gasteiger partial charge in [-0.05, 0) is 36.1 Å². The van der Waals surface area contributed by atoms with Crippen LogP contribution < -0.4 is 0 Å². The summed E-state index contributed by atoms with van der Waals surface area (Å²) in [6.07, 6.45) is 6.61. The van der Waals surface area contributed by atoms with E-state index in [1.807, 2.05) is 17.3 Å². The summed E-state index contributed by atoms with van der Waals surface area (Å²) in [4.78, 5) is 22.4. The maximum Gasteiger partial charge on any atom is 0.222 e. The zero-order chi connectivity index (χ0) is 15.4. The molecule has 1 aromatic carbocycles. The van der Waals surface area contributed by atoms with Crippen molar-refractivity contribution < 1.29 is 4.79 Å². The summed E-state index contributed by atoms with van der Waals surface area (Å²) >= 11 is 3.53. The average Bonchev–Trinajstić information content (AvgIpc) is 2.92. The number of hydrogen-bond acceptors (Lipinski definition) is 3. The van der Waals surface area contributed by atoms with Gasteiger partial charge in [-0.25, -0.2) is 0 Å². The van der Waals surface area contributed by atoms with E-state index in [1.165, 1.54) is 11.1 Å². The Hall–Kier alpha value is -1.49. The molecule has 5 heteroatoms. The van der Waals surface area contributed by atoms with Crippen molar-refractivity contribution in [1.82, 2.24) is 4.90 Å². The number of carbonyl (C=O) groups is 1. The van der Waals surface area contributed by atoms with Crippen molar-refractivity contribution in [1.29, 1.82) is 0 Å². The van der Waals surface area contributed by atoms with Gasteiger partial charge in [0.05, 0.1) is 12.5 Å². The van der Waals surface area contributed by atoms with Gasteiger partial charge >= 0.3 is 0 Å².